The van der Waals surface area contributed by atoms with E-state index in [9.17, 15) is 23.5 Å². The first-order valence-electron chi connectivity index (χ1n) is 11.1. The number of hydrogen-bond acceptors (Lipinski definition) is 9. The molecule has 10 nitrogen and oxygen atoms in total. The van der Waals surface area contributed by atoms with Crippen LogP contribution in [-0.2, 0) is 4.79 Å². The van der Waals surface area contributed by atoms with Crippen molar-refractivity contribution in [3.05, 3.63) is 54.1 Å². The van der Waals surface area contributed by atoms with Crippen LogP contribution in [-0.4, -0.2) is 40.1 Å². The number of aliphatic carboxylic acids is 1. The van der Waals surface area contributed by atoms with E-state index in [1.54, 1.807) is 12.1 Å². The van der Waals surface area contributed by atoms with Gasteiger partial charge in [0.25, 0.3) is 0 Å². The van der Waals surface area contributed by atoms with E-state index in [4.69, 9.17) is 4.42 Å². The molecule has 3 aromatic rings. The number of nitrogens with one attached hydrogen (secondary N) is 2. The van der Waals surface area contributed by atoms with Crippen molar-refractivity contribution < 1.29 is 57.5 Å². The van der Waals surface area contributed by atoms with E-state index in [-0.39, 0.29) is 58.5 Å². The molecule has 1 amide bonds. The Balaban J connectivity index is 0.00000304. The Hall–Kier alpha value is -3.09. The van der Waals surface area contributed by atoms with Crippen LogP contribution in [0.1, 0.15) is 36.4 Å². The van der Waals surface area contributed by atoms with E-state index in [1.807, 2.05) is 0 Å². The number of nitrogens with zero attached hydrogens (tertiary/aromatic N) is 4. The van der Waals surface area contributed by atoms with Gasteiger partial charge in [0.2, 0.25) is 0 Å². The summed E-state index contributed by atoms with van der Waals surface area (Å²) in [6.07, 6.45) is 4.72. The number of pyridine rings is 1. The van der Waals surface area contributed by atoms with Crippen molar-refractivity contribution in [2.75, 3.05) is 28.6 Å². The molecule has 3 heterocycles. The first-order valence-corrected chi connectivity index (χ1v) is 11.1. The molecule has 1 saturated carbocycles. The quantitative estimate of drug-likeness (QED) is 0.424. The molecule has 1 spiro atoms. The third-order valence-electron chi connectivity index (χ3n) is 6.64. The number of hydrogen-bond donors (Lipinski definition) is 2. The SMILES string of the molecule is O=C(Nc1ccc(N2CCC3(CC2)CC(C(=O)[O-])C3)nc1)c1nnc(Nc2ccc(F)c(F)c2)o1.[Na+]. The molecule has 1 aromatic carbocycles. The van der Waals surface area contributed by atoms with Crippen LogP contribution in [0.3, 0.4) is 0 Å². The molecule has 13 heteroatoms. The second-order valence-electron chi connectivity index (χ2n) is 8.94. The summed E-state index contributed by atoms with van der Waals surface area (Å²) in [5.41, 5.74) is 0.716. The van der Waals surface area contributed by atoms with Crippen LogP contribution in [0, 0.1) is 23.0 Å². The van der Waals surface area contributed by atoms with Gasteiger partial charge in [-0.2, -0.15) is 0 Å². The van der Waals surface area contributed by atoms with Crippen molar-refractivity contribution in [2.24, 2.45) is 11.3 Å². The summed E-state index contributed by atoms with van der Waals surface area (Å²) in [4.78, 5) is 30.0. The Labute approximate surface area is 226 Å². The zero-order valence-corrected chi connectivity index (χ0v) is 21.5. The normalized spacial score (nSPS) is 16.7. The van der Waals surface area contributed by atoms with Gasteiger partial charge in [0.15, 0.2) is 11.6 Å². The molecular weight excluding hydrogens is 485 g/mol. The van der Waals surface area contributed by atoms with Gasteiger partial charge in [-0.25, -0.2) is 13.8 Å². The van der Waals surface area contributed by atoms with Crippen LogP contribution in [0.2, 0.25) is 0 Å². The van der Waals surface area contributed by atoms with Crippen molar-refractivity contribution in [1.29, 1.82) is 0 Å². The average Bonchev–Trinajstić information content (AvgIpc) is 3.29. The number of anilines is 4. The average molecular weight is 506 g/mol. The van der Waals surface area contributed by atoms with E-state index in [0.717, 1.165) is 43.9 Å². The minimum absolute atomic E-state index is 0. The second-order valence-corrected chi connectivity index (χ2v) is 8.94. The molecule has 2 aromatic heterocycles. The summed E-state index contributed by atoms with van der Waals surface area (Å²) in [5, 5.41) is 23.5. The predicted molar refractivity (Wildman–Crippen MR) is 118 cm³/mol. The maximum Gasteiger partial charge on any atom is 1.00 e. The fourth-order valence-electron chi connectivity index (χ4n) is 4.67. The van der Waals surface area contributed by atoms with Gasteiger partial charge < -0.3 is 29.9 Å². The van der Waals surface area contributed by atoms with Crippen molar-refractivity contribution in [1.82, 2.24) is 15.2 Å². The predicted octanol–water partition coefficient (Wildman–Crippen LogP) is -0.511. The number of piperidine rings is 1. The van der Waals surface area contributed by atoms with E-state index in [2.05, 4.69) is 30.7 Å². The van der Waals surface area contributed by atoms with Crippen LogP contribution in [0.15, 0.2) is 40.9 Å². The Morgan fingerprint density at radius 2 is 1.78 bits per heavy atom. The van der Waals surface area contributed by atoms with Gasteiger partial charge in [-0.05, 0) is 61.3 Å². The number of carboxylic acid groups (broad SMARTS) is 1. The molecule has 0 bridgehead atoms. The van der Waals surface area contributed by atoms with Gasteiger partial charge in [0.1, 0.15) is 5.82 Å². The summed E-state index contributed by atoms with van der Waals surface area (Å²) in [7, 11) is 0. The largest absolute Gasteiger partial charge is 1.00 e. The number of carboxylic acids is 1. The third kappa shape index (κ3) is 5.50. The van der Waals surface area contributed by atoms with Gasteiger partial charge in [0.05, 0.1) is 11.9 Å². The van der Waals surface area contributed by atoms with Crippen LogP contribution in [0.4, 0.5) is 32.0 Å². The zero-order chi connectivity index (χ0) is 24.6. The number of aromatic nitrogens is 3. The summed E-state index contributed by atoms with van der Waals surface area (Å²) in [5.74, 6) is -3.51. The molecule has 5 rings (SSSR count). The first kappa shape index (κ1) is 26.0. The number of carbonyl (C=O) groups is 2. The summed E-state index contributed by atoms with van der Waals surface area (Å²) in [6.45, 7) is 1.57. The zero-order valence-electron chi connectivity index (χ0n) is 19.5. The fraction of sp³-hybridized carbons (Fsp3) is 0.348. The topological polar surface area (TPSA) is 136 Å². The Morgan fingerprint density at radius 1 is 1.06 bits per heavy atom. The number of amides is 1. The summed E-state index contributed by atoms with van der Waals surface area (Å²) >= 11 is 0. The molecule has 1 aliphatic carbocycles. The van der Waals surface area contributed by atoms with Gasteiger partial charge >= 0.3 is 47.4 Å². The molecule has 2 fully saturated rings. The van der Waals surface area contributed by atoms with Crippen molar-refractivity contribution >= 4 is 35.1 Å². The van der Waals surface area contributed by atoms with Crippen LogP contribution in [0.5, 0.6) is 0 Å². The van der Waals surface area contributed by atoms with Gasteiger partial charge in [-0.15, -0.1) is 5.10 Å². The fourth-order valence-corrected chi connectivity index (χ4v) is 4.67. The summed E-state index contributed by atoms with van der Waals surface area (Å²) in [6, 6.07) is 6.49. The third-order valence-corrected chi connectivity index (χ3v) is 6.64. The van der Waals surface area contributed by atoms with Crippen LogP contribution < -0.4 is 50.2 Å². The molecular formula is C23H21F2N6NaO4. The van der Waals surface area contributed by atoms with E-state index < -0.39 is 23.5 Å². The van der Waals surface area contributed by atoms with E-state index >= 15 is 0 Å². The number of carbonyl (C=O) groups excluding carboxylic acids is 2. The number of halogens is 2. The Kier molecular flexibility index (Phi) is 7.57. The van der Waals surface area contributed by atoms with E-state index in [1.165, 1.54) is 12.3 Å². The minimum atomic E-state index is -1.04. The molecule has 0 unspecified atom stereocenters. The standard InChI is InChI=1S/C23H22F2N6O4.Na/c24-16-3-1-14(9-17(16)25)28-22-30-29-20(35-22)19(32)27-15-2-4-18(26-12-15)31-7-5-23(6-8-31)10-13(11-23)21(33)34;/h1-4,9,12-13H,5-8,10-11H2,(H,27,32)(H,28,30)(H,33,34);/q;+1/p-1. The number of rotatable bonds is 6. The van der Waals surface area contributed by atoms with E-state index in [0.29, 0.717) is 18.5 Å². The van der Waals surface area contributed by atoms with Crippen molar-refractivity contribution in [3.63, 3.8) is 0 Å². The number of benzene rings is 1. The monoisotopic (exact) mass is 506 g/mol. The summed E-state index contributed by atoms with van der Waals surface area (Å²) < 4.78 is 31.6. The molecule has 1 aliphatic heterocycles. The van der Waals surface area contributed by atoms with Gasteiger partial charge in [0, 0.05) is 30.8 Å². The van der Waals surface area contributed by atoms with Crippen LogP contribution in [0.25, 0.3) is 0 Å². The van der Waals surface area contributed by atoms with Crippen molar-refractivity contribution in [3.8, 4) is 0 Å². The maximum absolute atomic E-state index is 13.3. The molecule has 1 saturated heterocycles. The second kappa shape index (κ2) is 10.5. The first-order chi connectivity index (χ1) is 16.8. The molecule has 0 atom stereocenters. The Bertz CT molecular complexity index is 1260. The molecule has 2 aliphatic rings. The Morgan fingerprint density at radius 3 is 2.42 bits per heavy atom. The molecule has 0 radical (unpaired) electrons. The van der Waals surface area contributed by atoms with Gasteiger partial charge in [-0.3, -0.25) is 4.79 Å². The molecule has 2 N–H and O–H groups in total. The smallest absolute Gasteiger partial charge is 0.550 e. The maximum atomic E-state index is 13.3. The minimum Gasteiger partial charge on any atom is -0.550 e. The van der Waals surface area contributed by atoms with Gasteiger partial charge in [-0.1, -0.05) is 5.10 Å². The molecule has 182 valence electrons. The van der Waals surface area contributed by atoms with Crippen LogP contribution >= 0.6 is 0 Å². The molecule has 36 heavy (non-hydrogen) atoms. The van der Waals surface area contributed by atoms with Crippen molar-refractivity contribution in [2.45, 2.75) is 25.7 Å².